The first-order valence-corrected chi connectivity index (χ1v) is 9.72. The van der Waals surface area contributed by atoms with Crippen molar-refractivity contribution in [2.75, 3.05) is 44.0 Å². The first-order valence-electron chi connectivity index (χ1n) is 8.28. The standard InChI is InChI=1S/C18H21N3O4S/c1-19-15-8-6-14(7-9-15)18(22)20-16-4-2-3-5-17(16)26(23,24)21-10-12-25-13-11-21/h2-9,19H,10-13H2,1H3,(H,20,22). The summed E-state index contributed by atoms with van der Waals surface area (Å²) in [5, 5.41) is 5.69. The number of nitrogens with zero attached hydrogens (tertiary/aromatic N) is 1. The van der Waals surface area contributed by atoms with Crippen LogP contribution in [0.4, 0.5) is 11.4 Å². The molecule has 1 saturated heterocycles. The number of nitrogens with one attached hydrogen (secondary N) is 2. The molecule has 0 aromatic heterocycles. The summed E-state index contributed by atoms with van der Waals surface area (Å²) in [6.07, 6.45) is 0. The number of sulfonamides is 1. The number of hydrogen-bond donors (Lipinski definition) is 2. The van der Waals surface area contributed by atoms with Gasteiger partial charge in [-0.1, -0.05) is 12.1 Å². The lowest BCUT2D eigenvalue weighted by molar-refractivity contribution is 0.0730. The van der Waals surface area contributed by atoms with Gasteiger partial charge in [0.15, 0.2) is 0 Å². The largest absolute Gasteiger partial charge is 0.388 e. The number of carbonyl (C=O) groups excluding carboxylic acids is 1. The summed E-state index contributed by atoms with van der Waals surface area (Å²) < 4.78 is 32.4. The molecule has 1 aliphatic rings. The molecule has 0 spiro atoms. The molecule has 2 aromatic rings. The van der Waals surface area contributed by atoms with Gasteiger partial charge in [0.2, 0.25) is 10.0 Å². The van der Waals surface area contributed by atoms with Crippen molar-refractivity contribution in [2.24, 2.45) is 0 Å². The fourth-order valence-corrected chi connectivity index (χ4v) is 4.26. The summed E-state index contributed by atoms with van der Waals surface area (Å²) in [6.45, 7) is 1.34. The van der Waals surface area contributed by atoms with Crippen LogP contribution >= 0.6 is 0 Å². The number of carbonyl (C=O) groups is 1. The topological polar surface area (TPSA) is 87.7 Å². The maximum Gasteiger partial charge on any atom is 0.255 e. The number of anilines is 2. The van der Waals surface area contributed by atoms with Gasteiger partial charge < -0.3 is 15.4 Å². The number of benzene rings is 2. The Hall–Kier alpha value is -2.42. The molecule has 1 aliphatic heterocycles. The Morgan fingerprint density at radius 1 is 1.04 bits per heavy atom. The summed E-state index contributed by atoms with van der Waals surface area (Å²) in [5.74, 6) is -0.364. The maximum atomic E-state index is 12.9. The molecule has 2 N–H and O–H groups in total. The van der Waals surface area contributed by atoms with Crippen LogP contribution in [0.15, 0.2) is 53.4 Å². The molecule has 1 fully saturated rings. The van der Waals surface area contributed by atoms with E-state index >= 15 is 0 Å². The van der Waals surface area contributed by atoms with Crippen molar-refractivity contribution in [2.45, 2.75) is 4.90 Å². The van der Waals surface area contributed by atoms with Crippen molar-refractivity contribution < 1.29 is 17.9 Å². The fraction of sp³-hybridized carbons (Fsp3) is 0.278. The van der Waals surface area contributed by atoms with Crippen LogP contribution in [0, 0.1) is 0 Å². The molecule has 0 saturated carbocycles. The van der Waals surface area contributed by atoms with E-state index in [4.69, 9.17) is 4.74 Å². The lowest BCUT2D eigenvalue weighted by atomic mass is 10.2. The molecule has 0 bridgehead atoms. The van der Waals surface area contributed by atoms with Gasteiger partial charge in [0.05, 0.1) is 18.9 Å². The zero-order chi connectivity index (χ0) is 18.6. The second-order valence-electron chi connectivity index (χ2n) is 5.79. The minimum Gasteiger partial charge on any atom is -0.388 e. The molecule has 0 aliphatic carbocycles. The number of para-hydroxylation sites is 1. The summed E-state index contributed by atoms with van der Waals surface area (Å²) in [4.78, 5) is 12.6. The smallest absolute Gasteiger partial charge is 0.255 e. The first kappa shape index (κ1) is 18.4. The van der Waals surface area contributed by atoms with Crippen LogP contribution in [0.2, 0.25) is 0 Å². The Morgan fingerprint density at radius 3 is 2.35 bits per heavy atom. The van der Waals surface area contributed by atoms with Gasteiger partial charge in [-0.05, 0) is 36.4 Å². The van der Waals surface area contributed by atoms with Crippen LogP contribution in [0.25, 0.3) is 0 Å². The third-order valence-corrected chi connectivity index (χ3v) is 6.12. The van der Waals surface area contributed by atoms with E-state index in [1.165, 1.54) is 10.4 Å². The lowest BCUT2D eigenvalue weighted by Gasteiger charge is -2.26. The lowest BCUT2D eigenvalue weighted by Crippen LogP contribution is -2.40. The number of morpholine rings is 1. The maximum absolute atomic E-state index is 12.9. The molecule has 8 heteroatoms. The molecule has 2 aromatic carbocycles. The van der Waals surface area contributed by atoms with E-state index in [9.17, 15) is 13.2 Å². The number of hydrogen-bond acceptors (Lipinski definition) is 5. The molecule has 3 rings (SSSR count). The van der Waals surface area contributed by atoms with Gasteiger partial charge in [0, 0.05) is 31.4 Å². The minimum absolute atomic E-state index is 0.0853. The Kier molecular flexibility index (Phi) is 5.55. The highest BCUT2D eigenvalue weighted by molar-refractivity contribution is 7.89. The molecular weight excluding hydrogens is 354 g/mol. The summed E-state index contributed by atoms with van der Waals surface area (Å²) in [7, 11) is -1.91. The van der Waals surface area contributed by atoms with Crippen LogP contribution < -0.4 is 10.6 Å². The van der Waals surface area contributed by atoms with Crippen molar-refractivity contribution >= 4 is 27.3 Å². The second-order valence-corrected chi connectivity index (χ2v) is 7.70. The third-order valence-electron chi connectivity index (χ3n) is 4.16. The van der Waals surface area contributed by atoms with Crippen LogP contribution in [-0.2, 0) is 14.8 Å². The van der Waals surface area contributed by atoms with Gasteiger partial charge in [-0.15, -0.1) is 0 Å². The fourth-order valence-electron chi connectivity index (χ4n) is 2.70. The van der Waals surface area contributed by atoms with Gasteiger partial charge in [0.25, 0.3) is 5.91 Å². The minimum atomic E-state index is -3.70. The van der Waals surface area contributed by atoms with E-state index in [1.807, 2.05) is 0 Å². The molecule has 7 nitrogen and oxygen atoms in total. The van der Waals surface area contributed by atoms with E-state index < -0.39 is 10.0 Å². The molecule has 0 atom stereocenters. The SMILES string of the molecule is CNc1ccc(C(=O)Nc2ccccc2S(=O)(=O)N2CCOCC2)cc1. The quantitative estimate of drug-likeness (QED) is 0.835. The van der Waals surface area contributed by atoms with Crippen molar-refractivity contribution in [1.82, 2.24) is 4.31 Å². The Bertz CT molecular complexity index is 876. The van der Waals surface area contributed by atoms with Crippen molar-refractivity contribution in [3.63, 3.8) is 0 Å². The number of ether oxygens (including phenoxy) is 1. The van der Waals surface area contributed by atoms with Crippen LogP contribution in [0.1, 0.15) is 10.4 Å². The van der Waals surface area contributed by atoms with Crippen LogP contribution in [0.5, 0.6) is 0 Å². The molecule has 1 heterocycles. The predicted octanol–water partition coefficient (Wildman–Crippen LogP) is 2.00. The van der Waals surface area contributed by atoms with Gasteiger partial charge in [-0.2, -0.15) is 4.31 Å². The van der Waals surface area contributed by atoms with E-state index in [1.54, 1.807) is 49.5 Å². The Balaban J connectivity index is 1.85. The van der Waals surface area contributed by atoms with Crippen molar-refractivity contribution in [1.29, 1.82) is 0 Å². The normalized spacial score (nSPS) is 15.4. The van der Waals surface area contributed by atoms with Gasteiger partial charge in [-0.3, -0.25) is 4.79 Å². The number of amides is 1. The average molecular weight is 375 g/mol. The second kappa shape index (κ2) is 7.86. The Morgan fingerprint density at radius 2 is 1.69 bits per heavy atom. The summed E-state index contributed by atoms with van der Waals surface area (Å²) >= 11 is 0. The van der Waals surface area contributed by atoms with Gasteiger partial charge >= 0.3 is 0 Å². The zero-order valence-electron chi connectivity index (χ0n) is 14.4. The highest BCUT2D eigenvalue weighted by atomic mass is 32.2. The molecule has 138 valence electrons. The van der Waals surface area contributed by atoms with Crippen LogP contribution in [-0.4, -0.2) is 52.0 Å². The molecular formula is C18H21N3O4S. The van der Waals surface area contributed by atoms with Crippen molar-refractivity contribution in [3.05, 3.63) is 54.1 Å². The Labute approximate surface area is 153 Å². The molecule has 0 unspecified atom stereocenters. The first-order chi connectivity index (χ1) is 12.5. The monoisotopic (exact) mass is 375 g/mol. The highest BCUT2D eigenvalue weighted by Gasteiger charge is 2.28. The average Bonchev–Trinajstić information content (AvgIpc) is 2.69. The van der Waals surface area contributed by atoms with E-state index in [0.29, 0.717) is 31.9 Å². The summed E-state index contributed by atoms with van der Waals surface area (Å²) in [6, 6.07) is 13.4. The third kappa shape index (κ3) is 3.87. The van der Waals surface area contributed by atoms with E-state index in [0.717, 1.165) is 5.69 Å². The summed E-state index contributed by atoms with van der Waals surface area (Å²) in [5.41, 5.74) is 1.60. The van der Waals surface area contributed by atoms with Crippen molar-refractivity contribution in [3.8, 4) is 0 Å². The van der Waals surface area contributed by atoms with E-state index in [-0.39, 0.29) is 16.5 Å². The van der Waals surface area contributed by atoms with E-state index in [2.05, 4.69) is 10.6 Å². The number of rotatable bonds is 5. The molecule has 26 heavy (non-hydrogen) atoms. The molecule has 1 amide bonds. The van der Waals surface area contributed by atoms with Gasteiger partial charge in [0.1, 0.15) is 4.90 Å². The zero-order valence-corrected chi connectivity index (χ0v) is 15.3. The van der Waals surface area contributed by atoms with Gasteiger partial charge in [-0.25, -0.2) is 8.42 Å². The highest BCUT2D eigenvalue weighted by Crippen LogP contribution is 2.25. The van der Waals surface area contributed by atoms with Crippen LogP contribution in [0.3, 0.4) is 0 Å². The predicted molar refractivity (Wildman–Crippen MR) is 100.0 cm³/mol. The molecule has 0 radical (unpaired) electrons.